The Labute approximate surface area is 201 Å². The van der Waals surface area contributed by atoms with Crippen LogP contribution >= 0.6 is 11.6 Å². The molecule has 0 atom stereocenters. The van der Waals surface area contributed by atoms with Crippen LogP contribution in [0.25, 0.3) is 11.3 Å². The number of amides is 1. The summed E-state index contributed by atoms with van der Waals surface area (Å²) in [6.07, 6.45) is -0.267. The van der Waals surface area contributed by atoms with Crippen LogP contribution in [-0.2, 0) is 17.8 Å². The lowest BCUT2D eigenvalue weighted by atomic mass is 10.0. The maximum Gasteiger partial charge on any atom is 0.224 e. The van der Waals surface area contributed by atoms with Gasteiger partial charge in [0.15, 0.2) is 5.69 Å². The number of amidine groups is 1. The number of carbonyl (C=O) groups excluding carboxylic acids is 1. The average Bonchev–Trinajstić information content (AvgIpc) is 2.76. The molecule has 0 spiro atoms. The van der Waals surface area contributed by atoms with E-state index >= 15 is 0 Å². The van der Waals surface area contributed by atoms with Crippen molar-refractivity contribution in [3.63, 3.8) is 0 Å². The predicted molar refractivity (Wildman–Crippen MR) is 135 cm³/mol. The molecule has 0 fully saturated rings. The fourth-order valence-electron chi connectivity index (χ4n) is 3.29. The normalized spacial score (nSPS) is 10.8. The number of rotatable bonds is 8. The van der Waals surface area contributed by atoms with Crippen molar-refractivity contribution in [3.05, 3.63) is 74.6 Å². The summed E-state index contributed by atoms with van der Waals surface area (Å²) in [5, 5.41) is 11.6. The standard InChI is InChI=1S/C23H26ClN7O3/c1-31(2)30-19-20(33)17(21(34-22(19)24)14-7-15(25)9-16(26)8-14)10-18(32)29-11-12-3-5-13(6-4-12)23(27)28/h3-9,30H,10-11,25-26H2,1-2H3,(H3,27,28)(H,29,32). The molecule has 0 aliphatic carbocycles. The van der Waals surface area contributed by atoms with Gasteiger partial charge in [-0.15, -0.1) is 0 Å². The maximum absolute atomic E-state index is 13.3. The second-order valence-corrected chi connectivity index (χ2v) is 8.19. The summed E-state index contributed by atoms with van der Waals surface area (Å²) in [6, 6.07) is 11.6. The van der Waals surface area contributed by atoms with Crippen LogP contribution in [-0.4, -0.2) is 30.8 Å². The number of hydrogen-bond donors (Lipinski definition) is 6. The van der Waals surface area contributed by atoms with E-state index in [4.69, 9.17) is 38.6 Å². The van der Waals surface area contributed by atoms with Gasteiger partial charge in [-0.05, 0) is 35.4 Å². The van der Waals surface area contributed by atoms with Crippen LogP contribution in [0, 0.1) is 5.41 Å². The zero-order valence-corrected chi connectivity index (χ0v) is 19.5. The number of nitrogens with two attached hydrogens (primary N) is 3. The number of halogens is 1. The van der Waals surface area contributed by atoms with Gasteiger partial charge in [0.05, 0.1) is 12.0 Å². The SMILES string of the molecule is CN(C)Nc1c(Cl)oc(-c2cc(N)cc(N)c2)c(CC(=O)NCc2ccc(C(=N)N)cc2)c1=O. The van der Waals surface area contributed by atoms with E-state index in [9.17, 15) is 9.59 Å². The number of nitrogens with one attached hydrogen (secondary N) is 3. The van der Waals surface area contributed by atoms with Crippen LogP contribution in [0.5, 0.6) is 0 Å². The van der Waals surface area contributed by atoms with Gasteiger partial charge >= 0.3 is 0 Å². The Bertz CT molecular complexity index is 1270. The van der Waals surface area contributed by atoms with Gasteiger partial charge in [0.2, 0.25) is 16.6 Å². The topological polar surface area (TPSA) is 176 Å². The number of benzene rings is 2. The fraction of sp³-hybridized carbons (Fsp3) is 0.174. The number of nitrogen functional groups attached to an aromatic ring is 3. The predicted octanol–water partition coefficient (Wildman–Crippen LogP) is 2.16. The zero-order chi connectivity index (χ0) is 25.0. The van der Waals surface area contributed by atoms with E-state index in [0.29, 0.717) is 22.5 Å². The molecule has 0 unspecified atom stereocenters. The second kappa shape index (κ2) is 10.3. The summed E-state index contributed by atoms with van der Waals surface area (Å²) in [6.45, 7) is 0.222. The van der Waals surface area contributed by atoms with Crippen molar-refractivity contribution < 1.29 is 9.21 Å². The van der Waals surface area contributed by atoms with Crippen LogP contribution < -0.4 is 33.4 Å². The lowest BCUT2D eigenvalue weighted by Gasteiger charge is -2.17. The van der Waals surface area contributed by atoms with Crippen LogP contribution in [0.4, 0.5) is 17.1 Å². The quantitative estimate of drug-likeness (QED) is 0.122. The first-order chi connectivity index (χ1) is 16.0. The minimum Gasteiger partial charge on any atom is -0.442 e. The van der Waals surface area contributed by atoms with E-state index in [1.54, 1.807) is 56.6 Å². The molecule has 0 saturated heterocycles. The monoisotopic (exact) mass is 483 g/mol. The molecule has 11 heteroatoms. The largest absolute Gasteiger partial charge is 0.442 e. The summed E-state index contributed by atoms with van der Waals surface area (Å²) < 4.78 is 5.77. The summed E-state index contributed by atoms with van der Waals surface area (Å²) >= 11 is 6.25. The molecule has 1 aromatic heterocycles. The molecule has 1 heterocycles. The Morgan fingerprint density at radius 1 is 1.12 bits per heavy atom. The first kappa shape index (κ1) is 24.6. The highest BCUT2D eigenvalue weighted by Gasteiger charge is 2.22. The van der Waals surface area contributed by atoms with Gasteiger partial charge in [0, 0.05) is 43.1 Å². The van der Waals surface area contributed by atoms with Crippen molar-refractivity contribution in [1.82, 2.24) is 10.3 Å². The summed E-state index contributed by atoms with van der Waals surface area (Å²) in [4.78, 5) is 26.1. The molecule has 9 N–H and O–H groups in total. The Morgan fingerprint density at radius 3 is 2.29 bits per heavy atom. The minimum absolute atomic E-state index is 0.00918. The Morgan fingerprint density at radius 2 is 1.74 bits per heavy atom. The van der Waals surface area contributed by atoms with Gasteiger partial charge in [0.1, 0.15) is 11.6 Å². The molecular formula is C23H26ClN7O3. The number of carbonyl (C=O) groups is 1. The molecule has 178 valence electrons. The zero-order valence-electron chi connectivity index (χ0n) is 18.7. The van der Waals surface area contributed by atoms with Gasteiger partial charge in [-0.1, -0.05) is 24.3 Å². The fourth-order valence-corrected chi connectivity index (χ4v) is 3.50. The molecule has 3 aromatic rings. The third kappa shape index (κ3) is 5.85. The number of hydrogen-bond acceptors (Lipinski definition) is 8. The van der Waals surface area contributed by atoms with Crippen LogP contribution in [0.1, 0.15) is 16.7 Å². The van der Waals surface area contributed by atoms with Crippen LogP contribution in [0.2, 0.25) is 5.22 Å². The Balaban J connectivity index is 1.93. The molecule has 0 bridgehead atoms. The summed E-state index contributed by atoms with van der Waals surface area (Å²) in [5.74, 6) is -0.333. The van der Waals surface area contributed by atoms with Crippen molar-refractivity contribution in [2.24, 2.45) is 5.73 Å². The molecule has 10 nitrogen and oxygen atoms in total. The van der Waals surface area contributed by atoms with E-state index in [-0.39, 0.29) is 41.0 Å². The van der Waals surface area contributed by atoms with E-state index in [2.05, 4.69) is 10.7 Å². The first-order valence-corrected chi connectivity index (χ1v) is 10.6. The molecule has 34 heavy (non-hydrogen) atoms. The van der Waals surface area contributed by atoms with E-state index < -0.39 is 11.3 Å². The Hall–Kier alpha value is -4.02. The van der Waals surface area contributed by atoms with Crippen molar-refractivity contribution in [1.29, 1.82) is 5.41 Å². The smallest absolute Gasteiger partial charge is 0.224 e. The molecule has 2 aromatic carbocycles. The maximum atomic E-state index is 13.3. The molecule has 0 saturated carbocycles. The van der Waals surface area contributed by atoms with Crippen LogP contribution in [0.3, 0.4) is 0 Å². The molecular weight excluding hydrogens is 458 g/mol. The first-order valence-electron chi connectivity index (χ1n) is 10.2. The van der Waals surface area contributed by atoms with Gasteiger partial charge in [-0.25, -0.2) is 5.01 Å². The molecule has 0 aliphatic heterocycles. The van der Waals surface area contributed by atoms with Crippen molar-refractivity contribution >= 4 is 40.4 Å². The van der Waals surface area contributed by atoms with Crippen molar-refractivity contribution in [3.8, 4) is 11.3 Å². The lowest BCUT2D eigenvalue weighted by molar-refractivity contribution is -0.120. The number of nitrogens with zero attached hydrogens (tertiary/aromatic N) is 1. The van der Waals surface area contributed by atoms with Crippen molar-refractivity contribution in [2.75, 3.05) is 31.0 Å². The third-order valence-corrected chi connectivity index (χ3v) is 5.10. The lowest BCUT2D eigenvalue weighted by Crippen LogP contribution is -2.30. The summed E-state index contributed by atoms with van der Waals surface area (Å²) in [5.41, 5.74) is 22.3. The summed E-state index contributed by atoms with van der Waals surface area (Å²) in [7, 11) is 3.37. The van der Waals surface area contributed by atoms with Gasteiger partial charge in [-0.3, -0.25) is 15.0 Å². The van der Waals surface area contributed by atoms with E-state index in [1.165, 1.54) is 5.01 Å². The number of anilines is 3. The van der Waals surface area contributed by atoms with Gasteiger partial charge < -0.3 is 32.4 Å². The van der Waals surface area contributed by atoms with Gasteiger partial charge in [0.25, 0.3) is 0 Å². The third-order valence-electron chi connectivity index (χ3n) is 4.83. The Kier molecular flexibility index (Phi) is 7.44. The highest BCUT2D eigenvalue weighted by molar-refractivity contribution is 6.31. The molecule has 3 rings (SSSR count). The van der Waals surface area contributed by atoms with Crippen LogP contribution in [0.15, 0.2) is 51.7 Å². The van der Waals surface area contributed by atoms with E-state index in [1.807, 2.05) is 0 Å². The molecule has 1 amide bonds. The van der Waals surface area contributed by atoms with Gasteiger partial charge in [-0.2, -0.15) is 0 Å². The molecule has 0 radical (unpaired) electrons. The minimum atomic E-state index is -0.484. The van der Waals surface area contributed by atoms with Crippen molar-refractivity contribution in [2.45, 2.75) is 13.0 Å². The molecule has 0 aliphatic rings. The van der Waals surface area contributed by atoms with E-state index in [0.717, 1.165) is 5.56 Å². The highest BCUT2D eigenvalue weighted by atomic mass is 35.5. The second-order valence-electron chi connectivity index (χ2n) is 7.85. The highest BCUT2D eigenvalue weighted by Crippen LogP contribution is 2.32. The average molecular weight is 484 g/mol. The number of hydrazine groups is 1.